The number of amides is 1. The molecule has 4 aromatic rings. The smallest absolute Gasteiger partial charge is 0.257 e. The highest BCUT2D eigenvalue weighted by atomic mass is 32.2. The van der Waals surface area contributed by atoms with Gasteiger partial charge >= 0.3 is 0 Å². The van der Waals surface area contributed by atoms with Crippen LogP contribution in [0.1, 0.15) is 20.8 Å². The Kier molecular flexibility index (Phi) is 5.96. The van der Waals surface area contributed by atoms with Crippen molar-refractivity contribution in [3.05, 3.63) is 76.0 Å². The summed E-state index contributed by atoms with van der Waals surface area (Å²) in [6, 6.07) is 15.7. The number of aromatic nitrogens is 1. The molecule has 0 bridgehead atoms. The number of carbonyl (C=O) groups is 1. The molecule has 0 radical (unpaired) electrons. The zero-order chi connectivity index (χ0) is 21.1. The maximum Gasteiger partial charge on any atom is 0.257 e. The highest BCUT2D eigenvalue weighted by Crippen LogP contribution is 2.27. The zero-order valence-electron chi connectivity index (χ0n) is 16.1. The summed E-state index contributed by atoms with van der Waals surface area (Å²) in [6.07, 6.45) is 0.638. The Morgan fingerprint density at radius 3 is 2.63 bits per heavy atom. The van der Waals surface area contributed by atoms with Gasteiger partial charge in [0.25, 0.3) is 5.91 Å². The molecule has 2 N–H and O–H groups in total. The van der Waals surface area contributed by atoms with E-state index in [4.69, 9.17) is 0 Å². The van der Waals surface area contributed by atoms with E-state index in [1.807, 2.05) is 42.6 Å². The molecule has 154 valence electrons. The second kappa shape index (κ2) is 8.65. The van der Waals surface area contributed by atoms with Crippen molar-refractivity contribution in [2.24, 2.45) is 0 Å². The third-order valence-electron chi connectivity index (χ3n) is 4.43. The molecule has 1 amide bonds. The van der Waals surface area contributed by atoms with Crippen molar-refractivity contribution in [1.29, 1.82) is 0 Å². The standard InChI is InChI=1S/C21H19N3O3S3/c1-14-4-9-18-19(13-14)29-21(23-18)24-20(25)15-5-7-17(8-6-15)30(26,27)22-11-10-16-3-2-12-28-16/h2-9,12-13,22H,10-11H2,1H3,(H,23,24,25). The van der Waals surface area contributed by atoms with Crippen molar-refractivity contribution in [2.45, 2.75) is 18.2 Å². The van der Waals surface area contributed by atoms with Crippen LogP contribution in [0.25, 0.3) is 10.2 Å². The van der Waals surface area contributed by atoms with Gasteiger partial charge in [-0.2, -0.15) is 0 Å². The summed E-state index contributed by atoms with van der Waals surface area (Å²) in [4.78, 5) is 18.2. The lowest BCUT2D eigenvalue weighted by molar-refractivity contribution is 0.102. The summed E-state index contributed by atoms with van der Waals surface area (Å²) in [7, 11) is -3.62. The molecular weight excluding hydrogens is 438 g/mol. The summed E-state index contributed by atoms with van der Waals surface area (Å²) in [6.45, 7) is 2.33. The maximum absolute atomic E-state index is 12.5. The number of fused-ring (bicyclic) bond motifs is 1. The highest BCUT2D eigenvalue weighted by molar-refractivity contribution is 7.89. The summed E-state index contributed by atoms with van der Waals surface area (Å²) in [5, 5.41) is 5.25. The van der Waals surface area contributed by atoms with E-state index in [1.165, 1.54) is 35.6 Å². The van der Waals surface area contributed by atoms with E-state index in [9.17, 15) is 13.2 Å². The van der Waals surface area contributed by atoms with E-state index in [1.54, 1.807) is 11.3 Å². The Hall–Kier alpha value is -2.59. The molecule has 0 saturated carbocycles. The summed E-state index contributed by atoms with van der Waals surface area (Å²) < 4.78 is 28.5. The molecule has 6 nitrogen and oxygen atoms in total. The Morgan fingerprint density at radius 1 is 1.10 bits per heavy atom. The van der Waals surface area contributed by atoms with Crippen LogP contribution >= 0.6 is 22.7 Å². The number of thiophene rings is 1. The monoisotopic (exact) mass is 457 g/mol. The van der Waals surface area contributed by atoms with Crippen LogP contribution in [0.15, 0.2) is 64.9 Å². The Morgan fingerprint density at radius 2 is 1.90 bits per heavy atom. The Bertz CT molecular complexity index is 1280. The number of carbonyl (C=O) groups excluding carboxylic acids is 1. The Balaban J connectivity index is 1.40. The maximum atomic E-state index is 12.5. The number of rotatable bonds is 7. The predicted octanol–water partition coefficient (Wildman–Crippen LogP) is 4.44. The van der Waals surface area contributed by atoms with Crippen molar-refractivity contribution in [3.63, 3.8) is 0 Å². The van der Waals surface area contributed by atoms with Gasteiger partial charge in [0.05, 0.1) is 15.1 Å². The van der Waals surface area contributed by atoms with Gasteiger partial charge in [0, 0.05) is 17.0 Å². The van der Waals surface area contributed by atoms with Crippen molar-refractivity contribution in [3.8, 4) is 0 Å². The molecule has 0 saturated heterocycles. The number of nitrogens with one attached hydrogen (secondary N) is 2. The quantitative estimate of drug-likeness (QED) is 0.429. The molecule has 0 aliphatic heterocycles. The lowest BCUT2D eigenvalue weighted by Gasteiger charge is -2.07. The number of hydrogen-bond donors (Lipinski definition) is 2. The van der Waals surface area contributed by atoms with Crippen LogP contribution < -0.4 is 10.0 Å². The van der Waals surface area contributed by atoms with Gasteiger partial charge in [-0.05, 0) is 66.8 Å². The lowest BCUT2D eigenvalue weighted by atomic mass is 10.2. The van der Waals surface area contributed by atoms with E-state index in [0.717, 1.165) is 20.7 Å². The van der Waals surface area contributed by atoms with E-state index in [-0.39, 0.29) is 10.8 Å². The van der Waals surface area contributed by atoms with Crippen molar-refractivity contribution >= 4 is 54.0 Å². The molecule has 30 heavy (non-hydrogen) atoms. The van der Waals surface area contributed by atoms with Crippen LogP contribution in [-0.2, 0) is 16.4 Å². The molecular formula is C21H19N3O3S3. The van der Waals surface area contributed by atoms with Gasteiger partial charge < -0.3 is 0 Å². The number of hydrogen-bond acceptors (Lipinski definition) is 6. The minimum absolute atomic E-state index is 0.126. The second-order valence-electron chi connectivity index (χ2n) is 6.70. The zero-order valence-corrected chi connectivity index (χ0v) is 18.5. The first-order valence-electron chi connectivity index (χ1n) is 9.21. The van der Waals surface area contributed by atoms with Gasteiger partial charge in [-0.3, -0.25) is 10.1 Å². The SMILES string of the molecule is Cc1ccc2nc(NC(=O)c3ccc(S(=O)(=O)NCCc4cccs4)cc3)sc2c1. The molecule has 0 fully saturated rings. The number of benzene rings is 2. The van der Waals surface area contributed by atoms with Gasteiger partial charge in [0.15, 0.2) is 5.13 Å². The minimum Gasteiger partial charge on any atom is -0.298 e. The second-order valence-corrected chi connectivity index (χ2v) is 10.5. The highest BCUT2D eigenvalue weighted by Gasteiger charge is 2.15. The lowest BCUT2D eigenvalue weighted by Crippen LogP contribution is -2.26. The van der Waals surface area contributed by atoms with Crippen molar-refractivity contribution in [2.75, 3.05) is 11.9 Å². The molecule has 0 spiro atoms. The van der Waals surface area contributed by atoms with Gasteiger partial charge in [-0.1, -0.05) is 23.5 Å². The van der Waals surface area contributed by atoms with Crippen LogP contribution in [-0.4, -0.2) is 25.9 Å². The number of thiazole rings is 1. The molecule has 2 aromatic heterocycles. The first-order chi connectivity index (χ1) is 14.4. The third-order valence-corrected chi connectivity index (χ3v) is 7.78. The van der Waals surface area contributed by atoms with E-state index in [2.05, 4.69) is 15.0 Å². The number of sulfonamides is 1. The fourth-order valence-electron chi connectivity index (χ4n) is 2.89. The molecule has 4 rings (SSSR count). The van der Waals surface area contributed by atoms with Crippen molar-refractivity contribution in [1.82, 2.24) is 9.71 Å². The number of nitrogens with zero attached hydrogens (tertiary/aromatic N) is 1. The Labute approximate surface area is 182 Å². The van der Waals surface area contributed by atoms with E-state index in [0.29, 0.717) is 23.7 Å². The number of anilines is 1. The van der Waals surface area contributed by atoms with E-state index < -0.39 is 10.0 Å². The molecule has 0 unspecified atom stereocenters. The fraction of sp³-hybridized carbons (Fsp3) is 0.143. The summed E-state index contributed by atoms with van der Waals surface area (Å²) in [5.41, 5.74) is 2.32. The normalized spacial score (nSPS) is 11.6. The molecule has 0 atom stereocenters. The predicted molar refractivity (Wildman–Crippen MR) is 122 cm³/mol. The summed E-state index contributed by atoms with van der Waals surface area (Å²) in [5.74, 6) is -0.333. The third kappa shape index (κ3) is 4.76. The average Bonchev–Trinajstić information content (AvgIpc) is 3.37. The van der Waals surface area contributed by atoms with Crippen LogP contribution in [0, 0.1) is 6.92 Å². The molecule has 0 aliphatic carbocycles. The molecule has 2 heterocycles. The van der Waals surface area contributed by atoms with Gasteiger partial charge in [-0.15, -0.1) is 11.3 Å². The largest absolute Gasteiger partial charge is 0.298 e. The molecule has 2 aromatic carbocycles. The van der Waals surface area contributed by atoms with Crippen LogP contribution in [0.3, 0.4) is 0 Å². The van der Waals surface area contributed by atoms with Crippen LogP contribution in [0.4, 0.5) is 5.13 Å². The minimum atomic E-state index is -3.62. The van der Waals surface area contributed by atoms with Crippen LogP contribution in [0.2, 0.25) is 0 Å². The van der Waals surface area contributed by atoms with Crippen molar-refractivity contribution < 1.29 is 13.2 Å². The molecule has 0 aliphatic rings. The van der Waals surface area contributed by atoms with E-state index >= 15 is 0 Å². The average molecular weight is 458 g/mol. The molecule has 9 heteroatoms. The van der Waals surface area contributed by atoms with Gasteiger partial charge in [-0.25, -0.2) is 18.1 Å². The first kappa shape index (κ1) is 20.7. The van der Waals surface area contributed by atoms with Gasteiger partial charge in [0.1, 0.15) is 0 Å². The topological polar surface area (TPSA) is 88.2 Å². The van der Waals surface area contributed by atoms with Gasteiger partial charge in [0.2, 0.25) is 10.0 Å². The first-order valence-corrected chi connectivity index (χ1v) is 12.4. The van der Waals surface area contributed by atoms with Crippen LogP contribution in [0.5, 0.6) is 0 Å². The summed E-state index contributed by atoms with van der Waals surface area (Å²) >= 11 is 3.00. The fourth-order valence-corrected chi connectivity index (χ4v) is 5.59. The number of aryl methyl sites for hydroxylation is 1.